The third-order valence-electron chi connectivity index (χ3n) is 8.23. The summed E-state index contributed by atoms with van der Waals surface area (Å²) in [6.45, 7) is 9.42. The molecule has 1 saturated carbocycles. The molecule has 4 rings (SSSR count). The highest BCUT2D eigenvalue weighted by atomic mass is 32.2. The monoisotopic (exact) mass is 589 g/mol. The van der Waals surface area contributed by atoms with E-state index in [1.54, 1.807) is 41.3 Å². The Balaban J connectivity index is 1.73. The van der Waals surface area contributed by atoms with Crippen LogP contribution < -0.4 is 9.62 Å². The summed E-state index contributed by atoms with van der Waals surface area (Å²) in [5.74, 6) is -0.623. The number of nitrogens with one attached hydrogen (secondary N) is 1. The molecule has 1 aliphatic rings. The maximum absolute atomic E-state index is 14.3. The molecule has 0 saturated heterocycles. The van der Waals surface area contributed by atoms with Gasteiger partial charge in [-0.1, -0.05) is 73.4 Å². The van der Waals surface area contributed by atoms with Crippen LogP contribution in [-0.2, 0) is 26.2 Å². The molecule has 2 amide bonds. The van der Waals surface area contributed by atoms with Gasteiger partial charge in [0.1, 0.15) is 12.6 Å². The molecular formula is C34H43N3O4S. The van der Waals surface area contributed by atoms with Crippen molar-refractivity contribution >= 4 is 27.5 Å². The minimum Gasteiger partial charge on any atom is -0.352 e. The number of carbonyl (C=O) groups is 2. The first-order valence-corrected chi connectivity index (χ1v) is 16.3. The molecule has 0 spiro atoms. The van der Waals surface area contributed by atoms with Gasteiger partial charge >= 0.3 is 0 Å². The molecule has 0 unspecified atom stereocenters. The van der Waals surface area contributed by atoms with Gasteiger partial charge in [0.25, 0.3) is 10.0 Å². The number of aryl methyl sites for hydroxylation is 4. The molecule has 1 aliphatic carbocycles. The average Bonchev–Trinajstić information content (AvgIpc) is 3.47. The van der Waals surface area contributed by atoms with E-state index in [0.29, 0.717) is 12.1 Å². The molecule has 1 N–H and O–H groups in total. The molecule has 7 nitrogen and oxygen atoms in total. The molecule has 0 heterocycles. The number of hydrogen-bond donors (Lipinski definition) is 1. The quantitative estimate of drug-likeness (QED) is 0.298. The van der Waals surface area contributed by atoms with E-state index in [2.05, 4.69) is 5.32 Å². The van der Waals surface area contributed by atoms with E-state index in [-0.39, 0.29) is 23.4 Å². The summed E-state index contributed by atoms with van der Waals surface area (Å²) in [4.78, 5) is 29.5. The Hall–Kier alpha value is -3.65. The van der Waals surface area contributed by atoms with Crippen LogP contribution in [0.5, 0.6) is 0 Å². The molecule has 42 heavy (non-hydrogen) atoms. The van der Waals surface area contributed by atoms with Crippen molar-refractivity contribution in [3.63, 3.8) is 0 Å². The topological polar surface area (TPSA) is 86.8 Å². The number of nitrogens with zero attached hydrogens (tertiary/aromatic N) is 2. The van der Waals surface area contributed by atoms with Crippen molar-refractivity contribution in [1.29, 1.82) is 0 Å². The maximum atomic E-state index is 14.3. The van der Waals surface area contributed by atoms with Crippen molar-refractivity contribution in [1.82, 2.24) is 10.2 Å². The first-order valence-electron chi connectivity index (χ1n) is 14.8. The van der Waals surface area contributed by atoms with Crippen molar-refractivity contribution in [2.75, 3.05) is 10.8 Å². The van der Waals surface area contributed by atoms with Gasteiger partial charge in [0.2, 0.25) is 11.8 Å². The second kappa shape index (κ2) is 13.6. The first-order chi connectivity index (χ1) is 20.0. The minimum absolute atomic E-state index is 0.107. The van der Waals surface area contributed by atoms with E-state index < -0.39 is 28.5 Å². The molecule has 1 atom stereocenters. The zero-order chi connectivity index (χ0) is 30.4. The Morgan fingerprint density at radius 1 is 0.857 bits per heavy atom. The van der Waals surface area contributed by atoms with Crippen LogP contribution in [0, 0.1) is 27.7 Å². The predicted molar refractivity (Wildman–Crippen MR) is 168 cm³/mol. The zero-order valence-corrected chi connectivity index (χ0v) is 26.2. The van der Waals surface area contributed by atoms with Crippen molar-refractivity contribution in [3.8, 4) is 0 Å². The summed E-state index contributed by atoms with van der Waals surface area (Å²) in [5, 5.41) is 3.16. The van der Waals surface area contributed by atoms with Gasteiger partial charge < -0.3 is 10.2 Å². The number of rotatable bonds is 11. The molecule has 8 heteroatoms. The van der Waals surface area contributed by atoms with Gasteiger partial charge in [-0.2, -0.15) is 0 Å². The number of benzene rings is 3. The molecule has 0 radical (unpaired) electrons. The molecule has 3 aromatic carbocycles. The standard InChI is InChI=1S/C34H43N3O4S/c1-6-32(34(39)35-29-9-7-8-10-29)36(22-28-16-11-24(2)12-17-28)33(38)23-37(30-18-15-26(4)27(5)21-30)42(40,41)31-19-13-25(3)14-20-31/h11-21,29,32H,6-10,22-23H2,1-5H3,(H,35,39)/t32-/m1/s1. The summed E-state index contributed by atoms with van der Waals surface area (Å²) in [7, 11) is -4.09. The Kier molecular flexibility index (Phi) is 10.1. The first kappa shape index (κ1) is 31.3. The van der Waals surface area contributed by atoms with E-state index in [1.807, 2.05) is 65.0 Å². The van der Waals surface area contributed by atoms with Gasteiger partial charge in [0.05, 0.1) is 10.6 Å². The smallest absolute Gasteiger partial charge is 0.264 e. The van der Waals surface area contributed by atoms with Crippen LogP contribution in [0.4, 0.5) is 5.69 Å². The molecule has 224 valence electrons. The number of carbonyl (C=O) groups excluding carboxylic acids is 2. The highest BCUT2D eigenvalue weighted by Gasteiger charge is 2.34. The van der Waals surface area contributed by atoms with Crippen molar-refractivity contribution in [2.45, 2.75) is 90.2 Å². The molecule has 0 bridgehead atoms. The van der Waals surface area contributed by atoms with Crippen molar-refractivity contribution < 1.29 is 18.0 Å². The van der Waals surface area contributed by atoms with E-state index in [0.717, 1.165) is 53.5 Å². The van der Waals surface area contributed by atoms with Crippen LogP contribution in [0.15, 0.2) is 71.6 Å². The van der Waals surface area contributed by atoms with Gasteiger partial charge in [0, 0.05) is 12.6 Å². The predicted octanol–water partition coefficient (Wildman–Crippen LogP) is 5.98. The van der Waals surface area contributed by atoms with Crippen LogP contribution in [0.25, 0.3) is 0 Å². The third kappa shape index (κ3) is 7.40. The summed E-state index contributed by atoms with van der Waals surface area (Å²) >= 11 is 0. The second-order valence-corrected chi connectivity index (χ2v) is 13.4. The highest BCUT2D eigenvalue weighted by molar-refractivity contribution is 7.92. The second-order valence-electron chi connectivity index (χ2n) is 11.5. The van der Waals surface area contributed by atoms with Crippen LogP contribution in [0.3, 0.4) is 0 Å². The number of amides is 2. The summed E-state index contributed by atoms with van der Waals surface area (Å²) in [5.41, 5.74) is 5.25. The zero-order valence-electron chi connectivity index (χ0n) is 25.4. The molecule has 0 aliphatic heterocycles. The van der Waals surface area contributed by atoms with Crippen LogP contribution in [0.2, 0.25) is 0 Å². The summed E-state index contributed by atoms with van der Waals surface area (Å²) in [6.07, 6.45) is 4.43. The Labute approximate surface area is 251 Å². The molecule has 1 fully saturated rings. The van der Waals surface area contributed by atoms with Gasteiger partial charge in [-0.15, -0.1) is 0 Å². The Bertz CT molecular complexity index is 1490. The van der Waals surface area contributed by atoms with Crippen LogP contribution in [-0.4, -0.2) is 43.8 Å². The number of anilines is 1. The highest BCUT2D eigenvalue weighted by Crippen LogP contribution is 2.27. The van der Waals surface area contributed by atoms with Gasteiger partial charge in [0.15, 0.2) is 0 Å². The molecule has 0 aromatic heterocycles. The largest absolute Gasteiger partial charge is 0.352 e. The molecular weight excluding hydrogens is 546 g/mol. The fraction of sp³-hybridized carbons (Fsp3) is 0.412. The lowest BCUT2D eigenvalue weighted by atomic mass is 10.1. The normalized spacial score (nSPS) is 14.4. The number of sulfonamides is 1. The van der Waals surface area contributed by atoms with E-state index in [4.69, 9.17) is 0 Å². The van der Waals surface area contributed by atoms with E-state index in [9.17, 15) is 18.0 Å². The lowest BCUT2D eigenvalue weighted by molar-refractivity contribution is -0.140. The average molecular weight is 590 g/mol. The van der Waals surface area contributed by atoms with Crippen LogP contribution >= 0.6 is 0 Å². The van der Waals surface area contributed by atoms with Gasteiger partial charge in [-0.3, -0.25) is 13.9 Å². The lowest BCUT2D eigenvalue weighted by Crippen LogP contribution is -2.53. The van der Waals surface area contributed by atoms with E-state index >= 15 is 0 Å². The maximum Gasteiger partial charge on any atom is 0.264 e. The van der Waals surface area contributed by atoms with E-state index in [1.165, 1.54) is 4.31 Å². The van der Waals surface area contributed by atoms with Crippen molar-refractivity contribution in [3.05, 3.63) is 94.5 Å². The SMILES string of the molecule is CC[C@H](C(=O)NC1CCCC1)N(Cc1ccc(C)cc1)C(=O)CN(c1ccc(C)c(C)c1)S(=O)(=O)c1ccc(C)cc1. The summed E-state index contributed by atoms with van der Waals surface area (Å²) in [6, 6.07) is 19.2. The number of hydrogen-bond acceptors (Lipinski definition) is 4. The summed E-state index contributed by atoms with van der Waals surface area (Å²) < 4.78 is 29.3. The Morgan fingerprint density at radius 2 is 1.45 bits per heavy atom. The lowest BCUT2D eigenvalue weighted by Gasteiger charge is -2.34. The van der Waals surface area contributed by atoms with Crippen molar-refractivity contribution in [2.24, 2.45) is 0 Å². The Morgan fingerprint density at radius 3 is 2.02 bits per heavy atom. The fourth-order valence-corrected chi connectivity index (χ4v) is 6.83. The van der Waals surface area contributed by atoms with Crippen LogP contribution in [0.1, 0.15) is 66.8 Å². The van der Waals surface area contributed by atoms with Gasteiger partial charge in [-0.25, -0.2) is 8.42 Å². The molecule has 3 aromatic rings. The van der Waals surface area contributed by atoms with Gasteiger partial charge in [-0.05, 0) is 87.9 Å². The fourth-order valence-electron chi connectivity index (χ4n) is 5.42. The third-order valence-corrected chi connectivity index (χ3v) is 10.0. The minimum atomic E-state index is -4.09.